The molecule has 0 radical (unpaired) electrons. The number of rotatable bonds is 2. The molecular formula is C7H6N2O5. The van der Waals surface area contributed by atoms with Crippen molar-refractivity contribution >= 4 is 11.6 Å². The molecule has 74 valence electrons. The van der Waals surface area contributed by atoms with Crippen LogP contribution >= 0.6 is 0 Å². The number of hydroxylamine groups is 1. The standard InChI is InChI=1S/C7H6N2O5/c10-6-2-1-4(9(13)14)3-5(6)7(11)8-12/h1-3,10,12H,(H,8,11)/i3D. The van der Waals surface area contributed by atoms with Gasteiger partial charge in [-0.15, -0.1) is 0 Å². The zero-order chi connectivity index (χ0) is 11.6. The van der Waals surface area contributed by atoms with Crippen molar-refractivity contribution in [2.45, 2.75) is 0 Å². The van der Waals surface area contributed by atoms with Crippen molar-refractivity contribution in [1.82, 2.24) is 5.48 Å². The lowest BCUT2D eigenvalue weighted by molar-refractivity contribution is -0.384. The summed E-state index contributed by atoms with van der Waals surface area (Å²) in [4.78, 5) is 20.5. The van der Waals surface area contributed by atoms with Crippen LogP contribution in [-0.2, 0) is 0 Å². The summed E-state index contributed by atoms with van der Waals surface area (Å²) in [6.07, 6.45) is 0. The molecule has 1 aromatic rings. The second-order valence-electron chi connectivity index (χ2n) is 2.30. The molecule has 1 amide bonds. The van der Waals surface area contributed by atoms with Gasteiger partial charge in [-0.2, -0.15) is 0 Å². The number of nitrogens with zero attached hydrogens (tertiary/aromatic N) is 1. The van der Waals surface area contributed by atoms with E-state index in [0.717, 1.165) is 12.1 Å². The van der Waals surface area contributed by atoms with Crippen molar-refractivity contribution < 1.29 is 21.4 Å². The van der Waals surface area contributed by atoms with E-state index >= 15 is 0 Å². The average Bonchev–Trinajstić information content (AvgIpc) is 2.16. The van der Waals surface area contributed by atoms with Gasteiger partial charge in [-0.05, 0) is 6.07 Å². The molecule has 3 N–H and O–H groups in total. The summed E-state index contributed by atoms with van der Waals surface area (Å²) in [5.74, 6) is -1.79. The Morgan fingerprint density at radius 2 is 2.29 bits per heavy atom. The van der Waals surface area contributed by atoms with E-state index in [4.69, 9.17) is 6.58 Å². The van der Waals surface area contributed by atoms with Crippen LogP contribution in [0.2, 0.25) is 0 Å². The van der Waals surface area contributed by atoms with Gasteiger partial charge in [-0.3, -0.25) is 20.1 Å². The maximum atomic E-state index is 11.0. The average molecular weight is 199 g/mol. The fourth-order valence-corrected chi connectivity index (χ4v) is 0.810. The number of carbonyl (C=O) groups excluding carboxylic acids is 1. The third-order valence-electron chi connectivity index (χ3n) is 1.43. The number of nitro groups is 1. The maximum absolute atomic E-state index is 11.0. The third kappa shape index (κ3) is 1.77. The van der Waals surface area contributed by atoms with Gasteiger partial charge < -0.3 is 5.11 Å². The molecule has 7 nitrogen and oxygen atoms in total. The van der Waals surface area contributed by atoms with Gasteiger partial charge >= 0.3 is 0 Å². The molecule has 0 fully saturated rings. The van der Waals surface area contributed by atoms with Crippen LogP contribution in [0.25, 0.3) is 0 Å². The van der Waals surface area contributed by atoms with Crippen molar-refractivity contribution in [2.75, 3.05) is 0 Å². The Labute approximate surface area is 79.1 Å². The van der Waals surface area contributed by atoms with Gasteiger partial charge in [0.15, 0.2) is 0 Å². The van der Waals surface area contributed by atoms with Crippen LogP contribution in [-0.4, -0.2) is 21.1 Å². The Bertz CT molecular complexity index is 434. The number of phenols is 1. The molecule has 14 heavy (non-hydrogen) atoms. The molecule has 1 aromatic carbocycles. The number of phenolic OH excluding ortho intramolecular Hbond substituents is 1. The quantitative estimate of drug-likeness (QED) is 0.363. The van der Waals surface area contributed by atoms with Crippen molar-refractivity contribution in [1.29, 1.82) is 0 Å². The Morgan fingerprint density at radius 1 is 1.64 bits per heavy atom. The summed E-state index contributed by atoms with van der Waals surface area (Å²) in [5, 5.41) is 27.9. The first kappa shape index (κ1) is 8.45. The molecule has 0 spiro atoms. The summed E-state index contributed by atoms with van der Waals surface area (Å²) in [6, 6.07) is 1.04. The van der Waals surface area contributed by atoms with E-state index in [-0.39, 0.29) is 0 Å². The van der Waals surface area contributed by atoms with Crippen LogP contribution < -0.4 is 5.48 Å². The number of hydrogen-bond acceptors (Lipinski definition) is 5. The van der Waals surface area contributed by atoms with Gasteiger partial charge in [0.05, 0.1) is 11.9 Å². The van der Waals surface area contributed by atoms with E-state index in [9.17, 15) is 20.0 Å². The summed E-state index contributed by atoms with van der Waals surface area (Å²) in [7, 11) is 0. The predicted molar refractivity (Wildman–Crippen MR) is 44.0 cm³/mol. The largest absolute Gasteiger partial charge is 0.507 e. The highest BCUT2D eigenvalue weighted by molar-refractivity contribution is 5.96. The van der Waals surface area contributed by atoms with E-state index < -0.39 is 33.9 Å². The highest BCUT2D eigenvalue weighted by atomic mass is 16.6. The number of nitrogens with one attached hydrogen (secondary N) is 1. The van der Waals surface area contributed by atoms with Crippen molar-refractivity contribution in [2.24, 2.45) is 0 Å². The van der Waals surface area contributed by atoms with Crippen LogP contribution in [0.4, 0.5) is 5.69 Å². The number of aromatic hydroxyl groups is 1. The molecule has 0 bridgehead atoms. The molecule has 0 heterocycles. The number of benzene rings is 1. The molecule has 0 unspecified atom stereocenters. The zero-order valence-corrected chi connectivity index (χ0v) is 6.72. The minimum atomic E-state index is -1.18. The second kappa shape index (κ2) is 3.71. The zero-order valence-electron chi connectivity index (χ0n) is 7.72. The SMILES string of the molecule is [2H]c1c([N+](=O)[O-])ccc(O)c1C(=O)NO. The van der Waals surface area contributed by atoms with Gasteiger partial charge in [0, 0.05) is 12.1 Å². The number of nitro benzene ring substituents is 1. The molecule has 7 heteroatoms. The molecule has 0 aliphatic heterocycles. The maximum Gasteiger partial charge on any atom is 0.278 e. The highest BCUT2D eigenvalue weighted by Gasteiger charge is 2.15. The van der Waals surface area contributed by atoms with E-state index in [0.29, 0.717) is 0 Å². The summed E-state index contributed by atoms with van der Waals surface area (Å²) in [5.41, 5.74) is -0.0920. The van der Waals surface area contributed by atoms with Crippen molar-refractivity contribution in [3.63, 3.8) is 0 Å². The highest BCUT2D eigenvalue weighted by Crippen LogP contribution is 2.22. The van der Waals surface area contributed by atoms with Crippen molar-refractivity contribution in [3.8, 4) is 5.75 Å². The van der Waals surface area contributed by atoms with Crippen LogP contribution in [0.3, 0.4) is 0 Å². The molecule has 0 atom stereocenters. The van der Waals surface area contributed by atoms with Crippen molar-refractivity contribution in [3.05, 3.63) is 33.9 Å². The van der Waals surface area contributed by atoms with E-state index in [1.165, 1.54) is 5.48 Å². The molecule has 1 rings (SSSR count). The second-order valence-corrected chi connectivity index (χ2v) is 2.30. The molecular weight excluding hydrogens is 192 g/mol. The Morgan fingerprint density at radius 3 is 2.79 bits per heavy atom. The molecule has 0 aliphatic rings. The van der Waals surface area contributed by atoms with E-state index in [2.05, 4.69) is 0 Å². The first-order chi connectivity index (χ1) is 6.99. The minimum absolute atomic E-state index is 0.614. The van der Waals surface area contributed by atoms with Gasteiger partial charge in [0.2, 0.25) is 0 Å². The molecule has 0 aliphatic carbocycles. The Kier molecular flexibility index (Phi) is 2.24. The normalized spacial score (nSPS) is 10.5. The number of hydrogen-bond donors (Lipinski definition) is 3. The van der Waals surface area contributed by atoms with Crippen LogP contribution in [0.5, 0.6) is 5.75 Å². The van der Waals surface area contributed by atoms with Crippen LogP contribution in [0.1, 0.15) is 11.7 Å². The van der Waals surface area contributed by atoms with Gasteiger partial charge in [0.1, 0.15) is 5.75 Å². The third-order valence-corrected chi connectivity index (χ3v) is 1.43. The summed E-state index contributed by atoms with van der Waals surface area (Å²) in [6.45, 7) is 0. The fraction of sp³-hybridized carbons (Fsp3) is 0. The summed E-state index contributed by atoms with van der Waals surface area (Å²) < 4.78 is 7.28. The number of amides is 1. The first-order valence-corrected chi connectivity index (χ1v) is 3.40. The van der Waals surface area contributed by atoms with E-state index in [1.807, 2.05) is 0 Å². The van der Waals surface area contributed by atoms with Gasteiger partial charge in [0.25, 0.3) is 11.6 Å². The molecule has 0 saturated heterocycles. The Hall–Kier alpha value is -2.15. The molecule has 0 aromatic heterocycles. The van der Waals surface area contributed by atoms with Crippen LogP contribution in [0, 0.1) is 10.1 Å². The smallest absolute Gasteiger partial charge is 0.278 e. The first-order valence-electron chi connectivity index (χ1n) is 3.90. The lowest BCUT2D eigenvalue weighted by Gasteiger charge is -2.01. The molecule has 0 saturated carbocycles. The lowest BCUT2D eigenvalue weighted by atomic mass is 10.1. The summed E-state index contributed by atoms with van der Waals surface area (Å²) >= 11 is 0. The minimum Gasteiger partial charge on any atom is -0.507 e. The monoisotopic (exact) mass is 199 g/mol. The van der Waals surface area contributed by atoms with Gasteiger partial charge in [-0.1, -0.05) is 0 Å². The number of carbonyl (C=O) groups is 1. The topological polar surface area (TPSA) is 113 Å². The van der Waals surface area contributed by atoms with Crippen LogP contribution in [0.15, 0.2) is 18.2 Å². The van der Waals surface area contributed by atoms with E-state index in [1.54, 1.807) is 0 Å². The predicted octanol–water partition coefficient (Wildman–Crippen LogP) is 0.419. The Balaban J connectivity index is 3.43. The fourth-order valence-electron chi connectivity index (χ4n) is 0.810. The van der Waals surface area contributed by atoms with Gasteiger partial charge in [-0.25, -0.2) is 5.48 Å². The lowest BCUT2D eigenvalue weighted by Crippen LogP contribution is -2.18.